The van der Waals surface area contributed by atoms with Crippen molar-refractivity contribution in [1.82, 2.24) is 0 Å². The van der Waals surface area contributed by atoms with Crippen LogP contribution < -0.4 is 0 Å². The van der Waals surface area contributed by atoms with Gasteiger partial charge in [0.25, 0.3) is 0 Å². The highest BCUT2D eigenvalue weighted by Gasteiger charge is 2.63. The average Bonchev–Trinajstić information content (AvgIpc) is 2.57. The van der Waals surface area contributed by atoms with Gasteiger partial charge in [-0.2, -0.15) is 0 Å². The molecule has 0 heteroatoms. The van der Waals surface area contributed by atoms with Crippen molar-refractivity contribution in [2.24, 2.45) is 33.5 Å². The van der Waals surface area contributed by atoms with E-state index >= 15 is 0 Å². The van der Waals surface area contributed by atoms with Gasteiger partial charge in [0, 0.05) is 0 Å². The SMILES string of the molecule is C=C1CC23CCC4CC(C)(C)CCC4(C)C2CCC1(C)C3. The number of hydrogen-bond acceptors (Lipinski definition) is 0. The van der Waals surface area contributed by atoms with Crippen LogP contribution in [0.15, 0.2) is 12.2 Å². The minimum absolute atomic E-state index is 0.494. The molecule has 5 unspecified atom stereocenters. The minimum atomic E-state index is 0.494. The molecule has 0 N–H and O–H groups in total. The Morgan fingerprint density at radius 3 is 2.48 bits per heavy atom. The van der Waals surface area contributed by atoms with Crippen LogP contribution in [0.1, 0.15) is 85.5 Å². The van der Waals surface area contributed by atoms with Gasteiger partial charge < -0.3 is 0 Å². The second-order valence-electron chi connectivity index (χ2n) is 10.6. The number of hydrogen-bond donors (Lipinski definition) is 0. The van der Waals surface area contributed by atoms with Crippen molar-refractivity contribution >= 4 is 0 Å². The van der Waals surface area contributed by atoms with Gasteiger partial charge in [-0.1, -0.05) is 39.8 Å². The maximum atomic E-state index is 4.50. The third kappa shape index (κ3) is 1.80. The van der Waals surface area contributed by atoms with Crippen molar-refractivity contribution in [3.05, 3.63) is 12.2 Å². The zero-order chi connectivity index (χ0) is 15.1. The van der Waals surface area contributed by atoms with Gasteiger partial charge in [0.1, 0.15) is 0 Å². The van der Waals surface area contributed by atoms with Crippen LogP contribution in [0.4, 0.5) is 0 Å². The molecule has 0 radical (unpaired) electrons. The molecule has 0 aromatic carbocycles. The molecule has 118 valence electrons. The summed E-state index contributed by atoms with van der Waals surface area (Å²) >= 11 is 0. The summed E-state index contributed by atoms with van der Waals surface area (Å²) in [5.74, 6) is 1.99. The van der Waals surface area contributed by atoms with Crippen LogP contribution in [0.3, 0.4) is 0 Å². The molecule has 5 atom stereocenters. The maximum Gasteiger partial charge on any atom is -0.0113 e. The zero-order valence-corrected chi connectivity index (χ0v) is 14.7. The van der Waals surface area contributed by atoms with Gasteiger partial charge in [-0.25, -0.2) is 0 Å². The van der Waals surface area contributed by atoms with E-state index in [9.17, 15) is 0 Å². The van der Waals surface area contributed by atoms with Crippen LogP contribution in [0.2, 0.25) is 0 Å². The summed E-state index contributed by atoms with van der Waals surface area (Å²) in [5, 5.41) is 0. The maximum absolute atomic E-state index is 4.50. The van der Waals surface area contributed by atoms with Crippen LogP contribution in [0, 0.1) is 33.5 Å². The van der Waals surface area contributed by atoms with E-state index in [0.29, 0.717) is 21.7 Å². The first kappa shape index (κ1) is 14.3. The summed E-state index contributed by atoms with van der Waals surface area (Å²) in [6.45, 7) is 14.7. The van der Waals surface area contributed by atoms with Crippen LogP contribution >= 0.6 is 0 Å². The molecule has 21 heavy (non-hydrogen) atoms. The van der Waals surface area contributed by atoms with E-state index < -0.39 is 0 Å². The molecule has 0 saturated heterocycles. The molecule has 0 aromatic rings. The molecule has 4 aliphatic rings. The summed E-state index contributed by atoms with van der Waals surface area (Å²) in [6, 6.07) is 0. The predicted molar refractivity (Wildman–Crippen MR) is 90.1 cm³/mol. The van der Waals surface area contributed by atoms with Crippen molar-refractivity contribution in [2.45, 2.75) is 85.5 Å². The van der Waals surface area contributed by atoms with E-state index in [2.05, 4.69) is 34.3 Å². The standard InChI is InChI=1S/C21H34/c1-15-12-21-9-6-16-13-18(2,3)10-11-20(16,5)17(21)7-8-19(15,4)14-21/h16-17H,1,6-14H2,2-5H3. The van der Waals surface area contributed by atoms with E-state index in [-0.39, 0.29) is 0 Å². The van der Waals surface area contributed by atoms with Gasteiger partial charge in [-0.3, -0.25) is 0 Å². The van der Waals surface area contributed by atoms with Crippen LogP contribution in [0.5, 0.6) is 0 Å². The zero-order valence-electron chi connectivity index (χ0n) is 14.7. The molecule has 2 bridgehead atoms. The van der Waals surface area contributed by atoms with E-state index in [1.165, 1.54) is 57.8 Å². The smallest absolute Gasteiger partial charge is 0.0113 e. The largest absolute Gasteiger partial charge is 0.0993 e. The lowest BCUT2D eigenvalue weighted by Crippen LogP contribution is -2.54. The van der Waals surface area contributed by atoms with Crippen LogP contribution in [-0.2, 0) is 0 Å². The fourth-order valence-corrected chi connectivity index (χ4v) is 7.43. The Bertz CT molecular complexity index is 486. The Balaban J connectivity index is 1.69. The first-order valence-electron chi connectivity index (χ1n) is 9.38. The second-order valence-corrected chi connectivity index (χ2v) is 10.6. The number of fused-ring (bicyclic) bond motifs is 3. The Morgan fingerprint density at radius 2 is 1.71 bits per heavy atom. The number of rotatable bonds is 0. The Labute approximate surface area is 131 Å². The van der Waals surface area contributed by atoms with Crippen molar-refractivity contribution < 1.29 is 0 Å². The quantitative estimate of drug-likeness (QED) is 0.454. The van der Waals surface area contributed by atoms with Gasteiger partial charge >= 0.3 is 0 Å². The highest BCUT2D eigenvalue weighted by molar-refractivity contribution is 5.26. The monoisotopic (exact) mass is 286 g/mol. The van der Waals surface area contributed by atoms with Gasteiger partial charge in [0.2, 0.25) is 0 Å². The third-order valence-corrected chi connectivity index (χ3v) is 8.74. The van der Waals surface area contributed by atoms with E-state index in [4.69, 9.17) is 0 Å². The van der Waals surface area contributed by atoms with Crippen LogP contribution in [0.25, 0.3) is 0 Å². The molecular weight excluding hydrogens is 252 g/mol. The van der Waals surface area contributed by atoms with E-state index in [0.717, 1.165) is 11.8 Å². The van der Waals surface area contributed by atoms with Crippen LogP contribution in [-0.4, -0.2) is 0 Å². The molecule has 0 amide bonds. The molecule has 4 fully saturated rings. The van der Waals surface area contributed by atoms with E-state index in [1.807, 2.05) is 0 Å². The molecule has 0 nitrogen and oxygen atoms in total. The van der Waals surface area contributed by atoms with Crippen molar-refractivity contribution in [1.29, 1.82) is 0 Å². The molecule has 0 aromatic heterocycles. The van der Waals surface area contributed by atoms with Gasteiger partial charge in [0.15, 0.2) is 0 Å². The molecule has 4 saturated carbocycles. The predicted octanol–water partition coefficient (Wildman–Crippen LogP) is 6.37. The van der Waals surface area contributed by atoms with Crippen molar-refractivity contribution in [3.63, 3.8) is 0 Å². The lowest BCUT2D eigenvalue weighted by atomic mass is 9.42. The highest BCUT2D eigenvalue weighted by Crippen LogP contribution is 2.73. The number of allylic oxidation sites excluding steroid dienone is 1. The summed E-state index contributed by atoms with van der Waals surface area (Å²) in [5.41, 5.74) is 3.98. The molecule has 1 spiro atoms. The van der Waals surface area contributed by atoms with Gasteiger partial charge in [-0.15, -0.1) is 0 Å². The molecule has 4 rings (SSSR count). The lowest BCUT2D eigenvalue weighted by Gasteiger charge is -2.62. The normalized spacial score (nSPS) is 55.0. The molecule has 0 heterocycles. The molecule has 4 aliphatic carbocycles. The Morgan fingerprint density at radius 1 is 0.952 bits per heavy atom. The fourth-order valence-electron chi connectivity index (χ4n) is 7.43. The van der Waals surface area contributed by atoms with E-state index in [1.54, 1.807) is 5.57 Å². The minimum Gasteiger partial charge on any atom is -0.0993 e. The topological polar surface area (TPSA) is 0 Å². The van der Waals surface area contributed by atoms with Crippen molar-refractivity contribution in [3.8, 4) is 0 Å². The molecular formula is C21H34. The Kier molecular flexibility index (Phi) is 2.72. The van der Waals surface area contributed by atoms with Gasteiger partial charge in [0.05, 0.1) is 0 Å². The second kappa shape index (κ2) is 3.98. The summed E-state index contributed by atoms with van der Waals surface area (Å²) in [7, 11) is 0. The Hall–Kier alpha value is -0.260. The summed E-state index contributed by atoms with van der Waals surface area (Å²) in [6.07, 6.45) is 13.2. The molecule has 0 aliphatic heterocycles. The first-order chi connectivity index (χ1) is 9.69. The third-order valence-electron chi connectivity index (χ3n) is 8.74. The fraction of sp³-hybridized carbons (Fsp3) is 0.905. The summed E-state index contributed by atoms with van der Waals surface area (Å²) < 4.78 is 0. The summed E-state index contributed by atoms with van der Waals surface area (Å²) in [4.78, 5) is 0. The first-order valence-corrected chi connectivity index (χ1v) is 9.38. The van der Waals surface area contributed by atoms with Gasteiger partial charge in [-0.05, 0) is 91.3 Å². The lowest BCUT2D eigenvalue weighted by molar-refractivity contribution is -0.129. The average molecular weight is 287 g/mol. The van der Waals surface area contributed by atoms with Crippen molar-refractivity contribution in [2.75, 3.05) is 0 Å². The highest BCUT2D eigenvalue weighted by atomic mass is 14.7.